The van der Waals surface area contributed by atoms with Crippen molar-refractivity contribution < 1.29 is 17.5 Å². The van der Waals surface area contributed by atoms with Gasteiger partial charge in [0.25, 0.3) is 0 Å². The molecular weight excluding hydrogens is 331 g/mol. The summed E-state index contributed by atoms with van der Waals surface area (Å²) < 4.78 is 46.9. The summed E-state index contributed by atoms with van der Waals surface area (Å²) in [6, 6.07) is 5.62. The van der Waals surface area contributed by atoms with Gasteiger partial charge in [-0.3, -0.25) is 0 Å². The van der Waals surface area contributed by atoms with Crippen molar-refractivity contribution in [1.82, 2.24) is 9.21 Å². The van der Waals surface area contributed by atoms with Crippen molar-refractivity contribution in [3.63, 3.8) is 0 Å². The van der Waals surface area contributed by atoms with Crippen molar-refractivity contribution >= 4 is 10.0 Å². The number of ether oxygens (including phenoxy) is 1. The van der Waals surface area contributed by atoms with E-state index in [1.54, 1.807) is 6.07 Å². The van der Waals surface area contributed by atoms with E-state index in [0.29, 0.717) is 26.3 Å². The van der Waals surface area contributed by atoms with Gasteiger partial charge in [0.1, 0.15) is 10.7 Å². The highest BCUT2D eigenvalue weighted by Crippen LogP contribution is 2.46. The average Bonchev–Trinajstić information content (AvgIpc) is 2.86. The van der Waals surface area contributed by atoms with Crippen LogP contribution >= 0.6 is 0 Å². The minimum Gasteiger partial charge on any atom is -0.381 e. The van der Waals surface area contributed by atoms with Crippen LogP contribution in [-0.2, 0) is 14.8 Å². The van der Waals surface area contributed by atoms with E-state index in [1.165, 1.54) is 22.5 Å². The SMILES string of the molecule is CN(C)C[C@H]1CN(S(=O)(=O)c2ccccc2F)CC12CCOCC2. The molecule has 0 amide bonds. The van der Waals surface area contributed by atoms with Gasteiger partial charge in [-0.25, -0.2) is 12.8 Å². The third kappa shape index (κ3) is 3.22. The van der Waals surface area contributed by atoms with Gasteiger partial charge in [-0.15, -0.1) is 0 Å². The molecular formula is C17H25FN2O3S. The number of sulfonamides is 1. The third-order valence-electron chi connectivity index (χ3n) is 5.31. The highest BCUT2D eigenvalue weighted by Gasteiger charge is 2.50. The second-order valence-electron chi connectivity index (χ2n) is 7.16. The molecule has 134 valence electrons. The Balaban J connectivity index is 1.91. The summed E-state index contributed by atoms with van der Waals surface area (Å²) in [4.78, 5) is 1.87. The number of halogens is 1. The van der Waals surface area contributed by atoms with E-state index in [-0.39, 0.29) is 16.2 Å². The van der Waals surface area contributed by atoms with Gasteiger partial charge in [-0.2, -0.15) is 4.31 Å². The first-order chi connectivity index (χ1) is 11.3. The van der Waals surface area contributed by atoms with Crippen molar-refractivity contribution in [2.45, 2.75) is 17.7 Å². The maximum absolute atomic E-state index is 14.0. The zero-order valence-electron chi connectivity index (χ0n) is 14.2. The first kappa shape index (κ1) is 17.8. The Labute approximate surface area is 143 Å². The molecule has 0 aromatic heterocycles. The van der Waals surface area contributed by atoms with Crippen LogP contribution in [0.5, 0.6) is 0 Å². The number of benzene rings is 1. The first-order valence-corrected chi connectivity index (χ1v) is 9.76. The Morgan fingerprint density at radius 1 is 1.29 bits per heavy atom. The molecule has 0 aliphatic carbocycles. The van der Waals surface area contributed by atoms with E-state index in [0.717, 1.165) is 19.4 Å². The Morgan fingerprint density at radius 2 is 1.96 bits per heavy atom. The van der Waals surface area contributed by atoms with Crippen LogP contribution in [0.4, 0.5) is 4.39 Å². The lowest BCUT2D eigenvalue weighted by Gasteiger charge is -2.39. The summed E-state index contributed by atoms with van der Waals surface area (Å²) in [6.07, 6.45) is 1.71. The minimum atomic E-state index is -3.81. The smallest absolute Gasteiger partial charge is 0.246 e. The van der Waals surface area contributed by atoms with Crippen LogP contribution in [0, 0.1) is 17.2 Å². The molecule has 1 spiro atoms. The van der Waals surface area contributed by atoms with Crippen LogP contribution in [0.2, 0.25) is 0 Å². The van der Waals surface area contributed by atoms with Crippen molar-refractivity contribution in [2.75, 3.05) is 46.9 Å². The predicted octanol–water partition coefficient (Wildman–Crippen LogP) is 1.80. The molecule has 2 fully saturated rings. The lowest BCUT2D eigenvalue weighted by Crippen LogP contribution is -2.40. The highest BCUT2D eigenvalue weighted by atomic mass is 32.2. The monoisotopic (exact) mass is 356 g/mol. The zero-order valence-corrected chi connectivity index (χ0v) is 15.1. The Kier molecular flexibility index (Phi) is 4.97. The van der Waals surface area contributed by atoms with Crippen molar-refractivity contribution in [3.05, 3.63) is 30.1 Å². The standard InChI is InChI=1S/C17H25FN2O3S/c1-19(2)11-14-12-20(13-17(14)7-9-23-10-8-17)24(21,22)16-6-4-3-5-15(16)18/h3-6,14H,7-13H2,1-2H3/t14-/m0/s1. The summed E-state index contributed by atoms with van der Waals surface area (Å²) in [5.74, 6) is -0.451. The Hall–Kier alpha value is -1.02. The quantitative estimate of drug-likeness (QED) is 0.826. The van der Waals surface area contributed by atoms with Gasteiger partial charge < -0.3 is 9.64 Å². The summed E-state index contributed by atoms with van der Waals surface area (Å²) >= 11 is 0. The van der Waals surface area contributed by atoms with Crippen LogP contribution in [0.3, 0.4) is 0 Å². The van der Waals surface area contributed by atoms with Crippen molar-refractivity contribution in [1.29, 1.82) is 0 Å². The third-order valence-corrected chi connectivity index (χ3v) is 7.15. The summed E-state index contributed by atoms with van der Waals surface area (Å²) in [5.41, 5.74) is -0.0686. The van der Waals surface area contributed by atoms with E-state index >= 15 is 0 Å². The largest absolute Gasteiger partial charge is 0.381 e. The van der Waals surface area contributed by atoms with Crippen LogP contribution in [0.1, 0.15) is 12.8 Å². The lowest BCUT2D eigenvalue weighted by atomic mass is 9.72. The predicted molar refractivity (Wildman–Crippen MR) is 89.7 cm³/mol. The molecule has 7 heteroatoms. The van der Waals surface area contributed by atoms with Crippen LogP contribution in [-0.4, -0.2) is 64.6 Å². The van der Waals surface area contributed by atoms with Gasteiger partial charge in [0.15, 0.2) is 0 Å². The molecule has 0 radical (unpaired) electrons. The van der Waals surface area contributed by atoms with Gasteiger partial charge in [0.2, 0.25) is 10.0 Å². The molecule has 2 aliphatic rings. The zero-order chi connectivity index (χ0) is 17.4. The molecule has 2 saturated heterocycles. The summed E-state index contributed by atoms with van der Waals surface area (Å²) in [7, 11) is 0.188. The lowest BCUT2D eigenvalue weighted by molar-refractivity contribution is -0.00333. The molecule has 0 bridgehead atoms. The van der Waals surface area contributed by atoms with E-state index in [1.807, 2.05) is 14.1 Å². The molecule has 24 heavy (non-hydrogen) atoms. The topological polar surface area (TPSA) is 49.9 Å². The van der Waals surface area contributed by atoms with Gasteiger partial charge in [0, 0.05) is 32.8 Å². The van der Waals surface area contributed by atoms with Gasteiger partial charge in [0.05, 0.1) is 0 Å². The van der Waals surface area contributed by atoms with E-state index in [2.05, 4.69) is 4.90 Å². The molecule has 2 aliphatic heterocycles. The second-order valence-corrected chi connectivity index (χ2v) is 9.07. The van der Waals surface area contributed by atoms with Crippen molar-refractivity contribution in [2.24, 2.45) is 11.3 Å². The number of rotatable bonds is 4. The maximum Gasteiger partial charge on any atom is 0.246 e. The fourth-order valence-corrected chi connectivity index (χ4v) is 5.64. The molecule has 1 atom stereocenters. The van der Waals surface area contributed by atoms with Crippen LogP contribution in [0.25, 0.3) is 0 Å². The molecule has 1 aromatic carbocycles. The van der Waals surface area contributed by atoms with Crippen LogP contribution in [0.15, 0.2) is 29.2 Å². The maximum atomic E-state index is 14.0. The molecule has 2 heterocycles. The Bertz CT molecular complexity index is 687. The molecule has 0 saturated carbocycles. The fraction of sp³-hybridized carbons (Fsp3) is 0.647. The van der Waals surface area contributed by atoms with Gasteiger partial charge >= 0.3 is 0 Å². The summed E-state index contributed by atoms with van der Waals surface area (Å²) in [6.45, 7) is 3.04. The second kappa shape index (κ2) is 6.71. The van der Waals surface area contributed by atoms with E-state index < -0.39 is 15.8 Å². The molecule has 0 N–H and O–H groups in total. The van der Waals surface area contributed by atoms with Crippen LogP contribution < -0.4 is 0 Å². The number of hydrogen-bond acceptors (Lipinski definition) is 4. The molecule has 0 unspecified atom stereocenters. The first-order valence-electron chi connectivity index (χ1n) is 8.32. The number of nitrogens with zero attached hydrogens (tertiary/aromatic N) is 2. The average molecular weight is 356 g/mol. The van der Waals surface area contributed by atoms with E-state index in [4.69, 9.17) is 4.74 Å². The number of hydrogen-bond donors (Lipinski definition) is 0. The minimum absolute atomic E-state index is 0.0686. The highest BCUT2D eigenvalue weighted by molar-refractivity contribution is 7.89. The molecule has 3 rings (SSSR count). The Morgan fingerprint density at radius 3 is 2.58 bits per heavy atom. The van der Waals surface area contributed by atoms with Crippen molar-refractivity contribution in [3.8, 4) is 0 Å². The molecule has 5 nitrogen and oxygen atoms in total. The van der Waals surface area contributed by atoms with E-state index in [9.17, 15) is 12.8 Å². The van der Waals surface area contributed by atoms with Gasteiger partial charge in [-0.1, -0.05) is 12.1 Å². The van der Waals surface area contributed by atoms with Gasteiger partial charge in [-0.05, 0) is 50.4 Å². The summed E-state index contributed by atoms with van der Waals surface area (Å²) in [5, 5.41) is 0. The normalized spacial score (nSPS) is 24.8. The molecule has 1 aromatic rings. The fourth-order valence-electron chi connectivity index (χ4n) is 4.00.